The average molecular weight is 415 g/mol. The number of aromatic nitrogens is 2. The van der Waals surface area contributed by atoms with Crippen LogP contribution in [-0.4, -0.2) is 38.4 Å². The van der Waals surface area contributed by atoms with E-state index in [2.05, 4.69) is 9.97 Å². The number of carbonyl (C=O) groups is 2. The van der Waals surface area contributed by atoms with Crippen molar-refractivity contribution in [2.45, 2.75) is 26.8 Å². The highest BCUT2D eigenvalue weighted by atomic mass is 32.1. The number of fused-ring (bicyclic) bond motifs is 1. The largest absolute Gasteiger partial charge is 0.333 e. The number of amides is 2. The lowest BCUT2D eigenvalue weighted by Crippen LogP contribution is -2.35. The summed E-state index contributed by atoms with van der Waals surface area (Å²) in [4.78, 5) is 37.8. The Morgan fingerprint density at radius 2 is 2.04 bits per heavy atom. The van der Waals surface area contributed by atoms with E-state index in [1.165, 1.54) is 22.7 Å². The van der Waals surface area contributed by atoms with Crippen molar-refractivity contribution in [2.75, 3.05) is 6.54 Å². The first-order valence-electron chi connectivity index (χ1n) is 8.73. The smallest absolute Gasteiger partial charge is 0.284 e. The number of nitrogens with one attached hydrogen (secondary N) is 1. The van der Waals surface area contributed by atoms with Crippen LogP contribution in [0.2, 0.25) is 0 Å². The van der Waals surface area contributed by atoms with Crippen molar-refractivity contribution in [1.29, 1.82) is 0 Å². The highest BCUT2D eigenvalue weighted by molar-refractivity contribution is 7.17. The highest BCUT2D eigenvalue weighted by Gasteiger charge is 2.29. The first kappa shape index (κ1) is 18.7. The monoisotopic (exact) mass is 414 g/mol. The molecule has 3 aromatic heterocycles. The van der Waals surface area contributed by atoms with Gasteiger partial charge in [-0.15, -0.1) is 22.7 Å². The molecule has 2 N–H and O–H groups in total. The second-order valence-electron chi connectivity index (χ2n) is 6.52. The molecular formula is C19H18N4O3S2. The average Bonchev–Trinajstić information content (AvgIpc) is 3.27. The molecule has 2 amide bonds. The predicted octanol–water partition coefficient (Wildman–Crippen LogP) is 3.20. The Labute approximate surface area is 169 Å². The predicted molar refractivity (Wildman–Crippen MR) is 107 cm³/mol. The molecule has 1 aliphatic heterocycles. The van der Waals surface area contributed by atoms with E-state index in [-0.39, 0.29) is 5.91 Å². The molecule has 4 rings (SSSR count). The van der Waals surface area contributed by atoms with Gasteiger partial charge in [0.25, 0.3) is 11.8 Å². The van der Waals surface area contributed by atoms with E-state index in [1.54, 1.807) is 16.6 Å². The van der Waals surface area contributed by atoms with Gasteiger partial charge in [-0.25, -0.2) is 10.5 Å². The van der Waals surface area contributed by atoms with E-state index in [9.17, 15) is 9.59 Å². The summed E-state index contributed by atoms with van der Waals surface area (Å²) in [6.07, 6.45) is 2.40. The van der Waals surface area contributed by atoms with Crippen molar-refractivity contribution in [3.63, 3.8) is 0 Å². The van der Waals surface area contributed by atoms with Gasteiger partial charge in [-0.05, 0) is 43.5 Å². The molecule has 0 aromatic carbocycles. The van der Waals surface area contributed by atoms with E-state index in [4.69, 9.17) is 5.21 Å². The van der Waals surface area contributed by atoms with Gasteiger partial charge in [0.05, 0.1) is 16.3 Å². The zero-order chi connectivity index (χ0) is 19.8. The Balaban J connectivity index is 1.60. The zero-order valence-corrected chi connectivity index (χ0v) is 17.0. The number of nitrogens with zero attached hydrogens (tertiary/aromatic N) is 3. The van der Waals surface area contributed by atoms with Crippen molar-refractivity contribution in [1.82, 2.24) is 20.3 Å². The molecule has 7 nitrogen and oxygen atoms in total. The molecule has 0 aliphatic carbocycles. The minimum Gasteiger partial charge on any atom is -0.333 e. The molecule has 4 heterocycles. The van der Waals surface area contributed by atoms with Gasteiger partial charge < -0.3 is 4.90 Å². The molecule has 0 unspecified atom stereocenters. The van der Waals surface area contributed by atoms with Crippen LogP contribution in [0.5, 0.6) is 0 Å². The molecule has 0 bridgehead atoms. The Hall–Kier alpha value is -2.62. The first-order valence-corrected chi connectivity index (χ1v) is 10.4. The Kier molecular flexibility index (Phi) is 4.96. The zero-order valence-electron chi connectivity index (χ0n) is 15.4. The fourth-order valence-electron chi connectivity index (χ4n) is 3.30. The molecule has 0 saturated carbocycles. The number of thiazole rings is 1. The van der Waals surface area contributed by atoms with Crippen LogP contribution in [0.1, 0.15) is 41.0 Å². The van der Waals surface area contributed by atoms with Crippen molar-refractivity contribution >= 4 is 34.5 Å². The molecular weight excluding hydrogens is 396 g/mol. The lowest BCUT2D eigenvalue weighted by molar-refractivity contribution is 0.0710. The van der Waals surface area contributed by atoms with E-state index in [0.29, 0.717) is 35.0 Å². The normalized spacial score (nSPS) is 13.3. The van der Waals surface area contributed by atoms with Crippen molar-refractivity contribution in [2.24, 2.45) is 0 Å². The number of pyridine rings is 1. The van der Waals surface area contributed by atoms with Gasteiger partial charge in [-0.2, -0.15) is 0 Å². The van der Waals surface area contributed by atoms with E-state index in [0.717, 1.165) is 26.7 Å². The minimum atomic E-state index is -0.506. The van der Waals surface area contributed by atoms with Crippen molar-refractivity contribution in [3.8, 4) is 10.7 Å². The Morgan fingerprint density at radius 1 is 1.21 bits per heavy atom. The minimum absolute atomic E-state index is 0.0541. The van der Waals surface area contributed by atoms with Crippen molar-refractivity contribution < 1.29 is 14.8 Å². The van der Waals surface area contributed by atoms with Gasteiger partial charge in [0.15, 0.2) is 0 Å². The number of hydrogen-bond donors (Lipinski definition) is 2. The fraction of sp³-hybridized carbons (Fsp3) is 0.263. The van der Waals surface area contributed by atoms with E-state index in [1.807, 2.05) is 32.0 Å². The fourth-order valence-corrected chi connectivity index (χ4v) is 5.51. The quantitative estimate of drug-likeness (QED) is 0.507. The summed E-state index contributed by atoms with van der Waals surface area (Å²) in [5, 5.41) is 9.65. The van der Waals surface area contributed by atoms with Crippen LogP contribution in [-0.2, 0) is 13.0 Å². The molecule has 1 aliphatic rings. The highest BCUT2D eigenvalue weighted by Crippen LogP contribution is 2.34. The summed E-state index contributed by atoms with van der Waals surface area (Å²) in [7, 11) is 0. The number of aryl methyl sites for hydroxylation is 1. The molecule has 144 valence electrons. The van der Waals surface area contributed by atoms with Crippen molar-refractivity contribution in [3.05, 3.63) is 55.8 Å². The van der Waals surface area contributed by atoms with Gasteiger partial charge in [0.2, 0.25) is 0 Å². The number of rotatable bonds is 3. The third-order valence-electron chi connectivity index (χ3n) is 4.78. The van der Waals surface area contributed by atoms with Crippen LogP contribution < -0.4 is 5.48 Å². The molecule has 0 atom stereocenters. The standard InChI is InChI=1S/C19H18N4O3S2/c1-10-12-9-23(8-6-14(12)27-15(10)17(24)22-26)19(25)16-11(2)21-18(28-16)13-5-3-4-7-20-13/h3-5,7,26H,6,8-9H2,1-2H3,(H,22,24). The summed E-state index contributed by atoms with van der Waals surface area (Å²) in [6, 6.07) is 5.62. The summed E-state index contributed by atoms with van der Waals surface area (Å²) in [6.45, 7) is 4.73. The number of carbonyl (C=O) groups excluding carboxylic acids is 2. The maximum absolute atomic E-state index is 13.1. The summed E-state index contributed by atoms with van der Waals surface area (Å²) in [5.74, 6) is -0.560. The molecule has 9 heteroatoms. The third kappa shape index (κ3) is 3.21. The molecule has 0 spiro atoms. The van der Waals surface area contributed by atoms with Gasteiger partial charge in [0.1, 0.15) is 9.88 Å². The maximum atomic E-state index is 13.1. The van der Waals surface area contributed by atoms with Crippen LogP contribution in [0, 0.1) is 13.8 Å². The molecule has 0 saturated heterocycles. The second kappa shape index (κ2) is 7.42. The van der Waals surface area contributed by atoms with Gasteiger partial charge in [-0.1, -0.05) is 6.07 Å². The van der Waals surface area contributed by atoms with E-state index >= 15 is 0 Å². The summed E-state index contributed by atoms with van der Waals surface area (Å²) >= 11 is 2.73. The Morgan fingerprint density at radius 3 is 2.75 bits per heavy atom. The molecule has 3 aromatic rings. The van der Waals surface area contributed by atoms with Crippen LogP contribution in [0.15, 0.2) is 24.4 Å². The van der Waals surface area contributed by atoms with Gasteiger partial charge in [-0.3, -0.25) is 19.8 Å². The number of hydrogen-bond acceptors (Lipinski definition) is 7. The second-order valence-corrected chi connectivity index (χ2v) is 8.63. The lowest BCUT2D eigenvalue weighted by atomic mass is 10.0. The van der Waals surface area contributed by atoms with Gasteiger partial charge >= 0.3 is 0 Å². The number of thiophene rings is 1. The third-order valence-corrected chi connectivity index (χ3v) is 7.34. The van der Waals surface area contributed by atoms with E-state index < -0.39 is 5.91 Å². The summed E-state index contributed by atoms with van der Waals surface area (Å²) < 4.78 is 0. The summed E-state index contributed by atoms with van der Waals surface area (Å²) in [5.41, 5.74) is 4.96. The van der Waals surface area contributed by atoms with Crippen LogP contribution in [0.4, 0.5) is 0 Å². The Bertz CT molecular complexity index is 1060. The lowest BCUT2D eigenvalue weighted by Gasteiger charge is -2.27. The SMILES string of the molecule is Cc1nc(-c2ccccn2)sc1C(=O)N1CCc2sc(C(=O)NO)c(C)c2C1. The molecule has 28 heavy (non-hydrogen) atoms. The maximum Gasteiger partial charge on any atom is 0.284 e. The van der Waals surface area contributed by atoms with Gasteiger partial charge in [0, 0.05) is 24.2 Å². The van der Waals surface area contributed by atoms with Crippen LogP contribution in [0.25, 0.3) is 10.7 Å². The molecule has 0 radical (unpaired) electrons. The number of hydroxylamine groups is 1. The van der Waals surface area contributed by atoms with Crippen LogP contribution >= 0.6 is 22.7 Å². The van der Waals surface area contributed by atoms with Crippen LogP contribution in [0.3, 0.4) is 0 Å². The molecule has 0 fully saturated rings. The first-order chi connectivity index (χ1) is 13.5. The topological polar surface area (TPSA) is 95.4 Å².